The van der Waals surface area contributed by atoms with Crippen LogP contribution in [-0.2, 0) is 32.7 Å². The molecule has 1 aliphatic rings. The lowest BCUT2D eigenvalue weighted by Crippen LogP contribution is -2.64. The average molecular weight is 867 g/mol. The van der Waals surface area contributed by atoms with Crippen molar-refractivity contribution < 1.29 is 63.1 Å². The standard InChI is InChI=1S/C46H75O13P/c1-3-5-7-9-11-13-15-17-18-19-20-21-23-24-26-28-30-32-34-39(47)56-36-38(37-57-60(54,55)59-46-44(52)42(50)41(49)43(51)45(46)53)58-40(48)35-33-31-29-27-25-22-16-14-12-10-8-6-4-2/h6,8,10-21,38,41-46,49-53H,3-5,7,9,22-37H2,1-2H3,(H,54,55)/b8-6+,12-10+,13-11+,16-14+,17-15+,19-18+,21-20+/t38?,41?,42-,43?,44?,45?,46?/m0/s1. The number of hydrogen-bond donors (Lipinski definition) is 6. The molecule has 6 N–H and O–H groups in total. The Morgan fingerprint density at radius 3 is 1.45 bits per heavy atom. The summed E-state index contributed by atoms with van der Waals surface area (Å²) in [5.41, 5.74) is 0. The Kier molecular flexibility index (Phi) is 32.7. The third-order valence-corrected chi connectivity index (χ3v) is 10.6. The summed E-state index contributed by atoms with van der Waals surface area (Å²) in [4.78, 5) is 35.6. The lowest BCUT2D eigenvalue weighted by Gasteiger charge is -2.41. The molecule has 0 radical (unpaired) electrons. The molecule has 342 valence electrons. The Hall–Kier alpha value is -2.97. The quantitative estimate of drug-likeness (QED) is 0.0157. The molecule has 60 heavy (non-hydrogen) atoms. The molecule has 0 saturated heterocycles. The second-order valence-electron chi connectivity index (χ2n) is 15.0. The van der Waals surface area contributed by atoms with Gasteiger partial charge in [0.1, 0.15) is 43.2 Å². The maximum absolute atomic E-state index is 12.8. The van der Waals surface area contributed by atoms with Crippen molar-refractivity contribution in [2.75, 3.05) is 13.2 Å². The summed E-state index contributed by atoms with van der Waals surface area (Å²) >= 11 is 0. The minimum absolute atomic E-state index is 0.0627. The third-order valence-electron chi connectivity index (χ3n) is 9.63. The Morgan fingerprint density at radius 2 is 0.950 bits per heavy atom. The number of esters is 2. The number of aliphatic hydroxyl groups is 5. The molecule has 7 unspecified atom stereocenters. The fraction of sp³-hybridized carbons (Fsp3) is 0.652. The Labute approximate surface area is 358 Å². The second kappa shape index (κ2) is 35.6. The van der Waals surface area contributed by atoms with Crippen LogP contribution in [0.5, 0.6) is 0 Å². The molecule has 0 aromatic rings. The van der Waals surface area contributed by atoms with Gasteiger partial charge in [0.25, 0.3) is 0 Å². The molecule has 0 bridgehead atoms. The van der Waals surface area contributed by atoms with Gasteiger partial charge in [0.15, 0.2) is 6.10 Å². The number of phosphoric ester groups is 1. The molecule has 13 nitrogen and oxygen atoms in total. The van der Waals surface area contributed by atoms with E-state index in [1.165, 1.54) is 19.3 Å². The van der Waals surface area contributed by atoms with Crippen molar-refractivity contribution in [3.8, 4) is 0 Å². The zero-order chi connectivity index (χ0) is 44.3. The van der Waals surface area contributed by atoms with Crippen LogP contribution < -0.4 is 0 Å². The summed E-state index contributed by atoms with van der Waals surface area (Å²) in [5, 5.41) is 50.1. The summed E-state index contributed by atoms with van der Waals surface area (Å²) in [6, 6.07) is 0. The predicted octanol–water partition coefficient (Wildman–Crippen LogP) is 8.11. The molecule has 0 spiro atoms. The van der Waals surface area contributed by atoms with E-state index >= 15 is 0 Å². The highest BCUT2D eigenvalue weighted by atomic mass is 31.2. The number of carbonyl (C=O) groups is 2. The van der Waals surface area contributed by atoms with Gasteiger partial charge in [-0.3, -0.25) is 18.6 Å². The van der Waals surface area contributed by atoms with Crippen molar-refractivity contribution >= 4 is 19.8 Å². The topological polar surface area (TPSA) is 210 Å². The predicted molar refractivity (Wildman–Crippen MR) is 235 cm³/mol. The lowest BCUT2D eigenvalue weighted by molar-refractivity contribution is -0.220. The van der Waals surface area contributed by atoms with E-state index in [2.05, 4.69) is 44.2 Å². The molecule has 1 saturated carbocycles. The van der Waals surface area contributed by atoms with E-state index in [1.54, 1.807) is 0 Å². The first-order valence-electron chi connectivity index (χ1n) is 22.0. The molecule has 0 aliphatic heterocycles. The summed E-state index contributed by atoms with van der Waals surface area (Å²) in [5.74, 6) is -1.16. The normalized spacial score (nSPS) is 23.0. The fourth-order valence-corrected chi connectivity index (χ4v) is 7.03. The van der Waals surface area contributed by atoms with Gasteiger partial charge >= 0.3 is 19.8 Å². The van der Waals surface area contributed by atoms with E-state index in [0.717, 1.165) is 77.0 Å². The van der Waals surface area contributed by atoms with Gasteiger partial charge in [-0.05, 0) is 57.8 Å². The SMILES string of the molecule is CC/C=C/C=C/C=C/CCCCCCCC(=O)OC(COC(=O)CCCCCCC/C=C/C=C/C=C/C=C/CCCCC)COP(=O)(O)OC1C(O)C(O)C(O)[C@H](O)C1O. The molecule has 1 aliphatic carbocycles. The van der Waals surface area contributed by atoms with Gasteiger partial charge in [-0.25, -0.2) is 4.57 Å². The Balaban J connectivity index is 2.52. The summed E-state index contributed by atoms with van der Waals surface area (Å²) in [7, 11) is -5.13. The van der Waals surface area contributed by atoms with E-state index in [1.807, 2.05) is 54.7 Å². The maximum atomic E-state index is 12.8. The van der Waals surface area contributed by atoms with Crippen LogP contribution in [0.3, 0.4) is 0 Å². The monoisotopic (exact) mass is 866 g/mol. The van der Waals surface area contributed by atoms with Crippen LogP contribution >= 0.6 is 7.82 Å². The zero-order valence-electron chi connectivity index (χ0n) is 36.0. The molecule has 14 heteroatoms. The lowest BCUT2D eigenvalue weighted by atomic mass is 9.85. The highest BCUT2D eigenvalue weighted by molar-refractivity contribution is 7.47. The van der Waals surface area contributed by atoms with E-state index in [0.29, 0.717) is 12.8 Å². The van der Waals surface area contributed by atoms with Crippen LogP contribution in [0.4, 0.5) is 0 Å². The summed E-state index contributed by atoms with van der Waals surface area (Å²) in [6.07, 6.45) is 32.1. The van der Waals surface area contributed by atoms with E-state index in [9.17, 15) is 44.6 Å². The second-order valence-corrected chi connectivity index (χ2v) is 16.4. The first kappa shape index (κ1) is 55.0. The van der Waals surface area contributed by atoms with Crippen LogP contribution in [0.15, 0.2) is 85.1 Å². The van der Waals surface area contributed by atoms with E-state index in [-0.39, 0.29) is 12.8 Å². The van der Waals surface area contributed by atoms with Crippen LogP contribution in [0, 0.1) is 0 Å². The first-order chi connectivity index (χ1) is 28.9. The third kappa shape index (κ3) is 27.8. The highest BCUT2D eigenvalue weighted by Crippen LogP contribution is 2.47. The summed E-state index contributed by atoms with van der Waals surface area (Å²) in [6.45, 7) is 3.06. The van der Waals surface area contributed by atoms with Crippen molar-refractivity contribution in [3.63, 3.8) is 0 Å². The van der Waals surface area contributed by atoms with Gasteiger partial charge in [0.05, 0.1) is 6.61 Å². The zero-order valence-corrected chi connectivity index (χ0v) is 36.9. The van der Waals surface area contributed by atoms with Crippen molar-refractivity contribution in [2.24, 2.45) is 0 Å². The van der Waals surface area contributed by atoms with Gasteiger partial charge in [0.2, 0.25) is 0 Å². The molecule has 0 amide bonds. The van der Waals surface area contributed by atoms with Crippen LogP contribution in [0.2, 0.25) is 0 Å². The number of allylic oxidation sites excluding steroid dienone is 14. The van der Waals surface area contributed by atoms with Crippen molar-refractivity contribution in [1.82, 2.24) is 0 Å². The van der Waals surface area contributed by atoms with Crippen molar-refractivity contribution in [1.29, 1.82) is 0 Å². The van der Waals surface area contributed by atoms with E-state index < -0.39 is 75.7 Å². The summed E-state index contributed by atoms with van der Waals surface area (Å²) < 4.78 is 33.4. The highest BCUT2D eigenvalue weighted by Gasteiger charge is 2.51. The number of rotatable bonds is 34. The van der Waals surface area contributed by atoms with Gasteiger partial charge in [0, 0.05) is 12.8 Å². The molecular formula is C46H75O13P. The van der Waals surface area contributed by atoms with Crippen molar-refractivity contribution in [2.45, 2.75) is 179 Å². The number of phosphoric acid groups is 1. The van der Waals surface area contributed by atoms with Crippen molar-refractivity contribution in [3.05, 3.63) is 85.1 Å². The maximum Gasteiger partial charge on any atom is 0.472 e. The molecule has 8 atom stereocenters. The Morgan fingerprint density at radius 1 is 0.533 bits per heavy atom. The molecule has 0 aromatic heterocycles. The number of unbranched alkanes of at least 4 members (excludes halogenated alkanes) is 13. The Bertz CT molecular complexity index is 1370. The van der Waals surface area contributed by atoms with Crippen LogP contribution in [-0.4, -0.2) is 98.3 Å². The molecule has 1 rings (SSSR count). The fourth-order valence-electron chi connectivity index (χ4n) is 6.06. The van der Waals surface area contributed by atoms with Crippen LogP contribution in [0.25, 0.3) is 0 Å². The number of ether oxygens (including phenoxy) is 2. The average Bonchev–Trinajstić information content (AvgIpc) is 3.23. The van der Waals surface area contributed by atoms with Gasteiger partial charge in [-0.1, -0.05) is 150 Å². The van der Waals surface area contributed by atoms with Crippen LogP contribution in [0.1, 0.15) is 136 Å². The number of aliphatic hydroxyl groups excluding tert-OH is 5. The molecule has 0 aromatic carbocycles. The number of hydrogen-bond acceptors (Lipinski definition) is 12. The minimum atomic E-state index is -5.13. The van der Waals surface area contributed by atoms with E-state index in [4.69, 9.17) is 18.5 Å². The first-order valence-corrected chi connectivity index (χ1v) is 23.5. The van der Waals surface area contributed by atoms with Gasteiger partial charge in [-0.15, -0.1) is 0 Å². The smallest absolute Gasteiger partial charge is 0.462 e. The minimum Gasteiger partial charge on any atom is -0.462 e. The molecular weight excluding hydrogens is 791 g/mol. The molecule has 0 heterocycles. The molecule has 1 fully saturated rings. The number of carbonyl (C=O) groups excluding carboxylic acids is 2. The largest absolute Gasteiger partial charge is 0.472 e. The van der Waals surface area contributed by atoms with Gasteiger partial charge < -0.3 is 39.9 Å². The van der Waals surface area contributed by atoms with Gasteiger partial charge in [-0.2, -0.15) is 0 Å².